The van der Waals surface area contributed by atoms with E-state index in [1.807, 2.05) is 18.2 Å². The molecule has 0 saturated carbocycles. The highest BCUT2D eigenvalue weighted by molar-refractivity contribution is 7.89. The molecular formula is C12H14N2O2S. The lowest BCUT2D eigenvalue weighted by Crippen LogP contribution is -2.49. The number of benzene rings is 1. The van der Waals surface area contributed by atoms with E-state index in [-0.39, 0.29) is 11.7 Å². The average Bonchev–Trinajstić information content (AvgIpc) is 2.27. The molecule has 0 amide bonds. The van der Waals surface area contributed by atoms with Gasteiger partial charge >= 0.3 is 0 Å². The molecule has 5 heteroatoms. The smallest absolute Gasteiger partial charge is 0.212 e. The summed E-state index contributed by atoms with van der Waals surface area (Å²) in [6.07, 6.45) is 0. The van der Waals surface area contributed by atoms with E-state index in [9.17, 15) is 8.42 Å². The Balaban J connectivity index is 2.13. The molecule has 1 aliphatic rings. The first kappa shape index (κ1) is 12.1. The molecule has 1 aromatic carbocycles. The van der Waals surface area contributed by atoms with Crippen LogP contribution in [0.25, 0.3) is 0 Å². The maximum absolute atomic E-state index is 11.6. The lowest BCUT2D eigenvalue weighted by molar-refractivity contribution is 0.264. The van der Waals surface area contributed by atoms with Gasteiger partial charge in [-0.2, -0.15) is 5.26 Å². The average molecular weight is 250 g/mol. The number of sulfonamides is 1. The van der Waals surface area contributed by atoms with Gasteiger partial charge in [0.05, 0.1) is 17.4 Å². The monoisotopic (exact) mass is 250 g/mol. The standard InChI is InChI=1S/C12H14N2O2S/c1-2-17(15,16)14-8-11(9-14)12-6-4-3-5-10(12)7-13/h3-6,11H,2,8-9H2,1H3. The second-order valence-electron chi connectivity index (χ2n) is 4.11. The molecular weight excluding hydrogens is 236 g/mol. The van der Waals surface area contributed by atoms with Crippen molar-refractivity contribution in [2.45, 2.75) is 12.8 Å². The second kappa shape index (κ2) is 4.47. The summed E-state index contributed by atoms with van der Waals surface area (Å²) in [6, 6.07) is 9.52. The van der Waals surface area contributed by atoms with Crippen LogP contribution >= 0.6 is 0 Å². The molecule has 4 nitrogen and oxygen atoms in total. The van der Waals surface area contributed by atoms with Crippen LogP contribution in [0, 0.1) is 11.3 Å². The van der Waals surface area contributed by atoms with Crippen molar-refractivity contribution in [1.29, 1.82) is 5.26 Å². The third-order valence-corrected chi connectivity index (χ3v) is 4.94. The van der Waals surface area contributed by atoms with E-state index in [4.69, 9.17) is 5.26 Å². The van der Waals surface area contributed by atoms with Crippen LogP contribution in [0.15, 0.2) is 24.3 Å². The third kappa shape index (κ3) is 2.19. The zero-order valence-electron chi connectivity index (χ0n) is 9.63. The molecule has 0 spiro atoms. The Bertz CT molecular complexity index is 554. The van der Waals surface area contributed by atoms with Gasteiger partial charge in [-0.25, -0.2) is 12.7 Å². The number of nitrogens with zero attached hydrogens (tertiary/aromatic N) is 2. The number of hydrogen-bond donors (Lipinski definition) is 0. The fourth-order valence-electron chi connectivity index (χ4n) is 2.00. The van der Waals surface area contributed by atoms with E-state index in [1.165, 1.54) is 4.31 Å². The van der Waals surface area contributed by atoms with Crippen LogP contribution in [0.4, 0.5) is 0 Å². The van der Waals surface area contributed by atoms with Crippen LogP contribution in [0.1, 0.15) is 24.0 Å². The topological polar surface area (TPSA) is 61.2 Å². The van der Waals surface area contributed by atoms with Gasteiger partial charge in [0.15, 0.2) is 0 Å². The van der Waals surface area contributed by atoms with Crippen molar-refractivity contribution in [3.63, 3.8) is 0 Å². The Morgan fingerprint density at radius 1 is 1.41 bits per heavy atom. The van der Waals surface area contributed by atoms with Crippen molar-refractivity contribution in [2.24, 2.45) is 0 Å². The maximum Gasteiger partial charge on any atom is 0.213 e. The summed E-state index contributed by atoms with van der Waals surface area (Å²) in [4.78, 5) is 0. The summed E-state index contributed by atoms with van der Waals surface area (Å²) >= 11 is 0. The Morgan fingerprint density at radius 2 is 2.06 bits per heavy atom. The van der Waals surface area contributed by atoms with Gasteiger partial charge in [-0.15, -0.1) is 0 Å². The molecule has 0 aliphatic carbocycles. The molecule has 90 valence electrons. The van der Waals surface area contributed by atoms with Gasteiger partial charge in [0, 0.05) is 19.0 Å². The van der Waals surface area contributed by atoms with Crippen molar-refractivity contribution in [2.75, 3.05) is 18.8 Å². The first-order chi connectivity index (χ1) is 8.08. The van der Waals surface area contributed by atoms with Crippen LogP contribution in [0.5, 0.6) is 0 Å². The first-order valence-electron chi connectivity index (χ1n) is 5.55. The molecule has 1 saturated heterocycles. The van der Waals surface area contributed by atoms with Crippen molar-refractivity contribution in [3.05, 3.63) is 35.4 Å². The quantitative estimate of drug-likeness (QED) is 0.812. The summed E-state index contributed by atoms with van der Waals surface area (Å²) in [6.45, 7) is 2.63. The molecule has 1 fully saturated rings. The predicted molar refractivity (Wildman–Crippen MR) is 64.9 cm³/mol. The van der Waals surface area contributed by atoms with Crippen LogP contribution < -0.4 is 0 Å². The minimum absolute atomic E-state index is 0.139. The van der Waals surface area contributed by atoms with Gasteiger partial charge in [0.25, 0.3) is 0 Å². The predicted octanol–water partition coefficient (Wildman–Crippen LogP) is 1.31. The molecule has 0 bridgehead atoms. The Labute approximate surface area is 102 Å². The lowest BCUT2D eigenvalue weighted by atomic mass is 9.90. The van der Waals surface area contributed by atoms with Gasteiger partial charge in [0.2, 0.25) is 10.0 Å². The Kier molecular flexibility index (Phi) is 3.18. The highest BCUT2D eigenvalue weighted by Gasteiger charge is 2.36. The summed E-state index contributed by atoms with van der Waals surface area (Å²) in [5.74, 6) is 0.298. The normalized spacial score (nSPS) is 17.4. The van der Waals surface area contributed by atoms with Crippen molar-refractivity contribution in [1.82, 2.24) is 4.31 Å². The van der Waals surface area contributed by atoms with Gasteiger partial charge in [-0.3, -0.25) is 0 Å². The Hall–Kier alpha value is -1.38. The third-order valence-electron chi connectivity index (χ3n) is 3.13. The van der Waals surface area contributed by atoms with E-state index in [0.29, 0.717) is 18.7 Å². The van der Waals surface area contributed by atoms with Gasteiger partial charge in [-0.05, 0) is 18.6 Å². The van der Waals surface area contributed by atoms with Crippen molar-refractivity contribution in [3.8, 4) is 6.07 Å². The fourth-order valence-corrected chi connectivity index (χ4v) is 3.18. The van der Waals surface area contributed by atoms with Crippen LogP contribution in [-0.4, -0.2) is 31.6 Å². The lowest BCUT2D eigenvalue weighted by Gasteiger charge is -2.38. The number of rotatable bonds is 3. The van der Waals surface area contributed by atoms with Gasteiger partial charge in [0.1, 0.15) is 0 Å². The first-order valence-corrected chi connectivity index (χ1v) is 7.16. The Morgan fingerprint density at radius 3 is 2.65 bits per heavy atom. The minimum atomic E-state index is -3.07. The van der Waals surface area contributed by atoms with Crippen LogP contribution in [-0.2, 0) is 10.0 Å². The van der Waals surface area contributed by atoms with E-state index in [2.05, 4.69) is 6.07 Å². The SMILES string of the molecule is CCS(=O)(=O)N1CC(c2ccccc2C#N)C1. The zero-order valence-corrected chi connectivity index (χ0v) is 10.4. The van der Waals surface area contributed by atoms with Crippen molar-refractivity contribution < 1.29 is 8.42 Å². The molecule has 17 heavy (non-hydrogen) atoms. The molecule has 0 N–H and O–H groups in total. The molecule has 0 aromatic heterocycles. The maximum atomic E-state index is 11.6. The van der Waals surface area contributed by atoms with E-state index >= 15 is 0 Å². The van der Waals surface area contributed by atoms with Crippen LogP contribution in [0.2, 0.25) is 0 Å². The van der Waals surface area contributed by atoms with E-state index in [0.717, 1.165) is 5.56 Å². The summed E-state index contributed by atoms with van der Waals surface area (Å²) in [7, 11) is -3.07. The summed E-state index contributed by atoms with van der Waals surface area (Å²) < 4.78 is 24.6. The van der Waals surface area contributed by atoms with Crippen molar-refractivity contribution >= 4 is 10.0 Å². The molecule has 2 rings (SSSR count). The number of hydrogen-bond acceptors (Lipinski definition) is 3. The molecule has 1 aromatic rings. The molecule has 1 heterocycles. The largest absolute Gasteiger partial charge is 0.213 e. The van der Waals surface area contributed by atoms with Crippen LogP contribution in [0.3, 0.4) is 0 Å². The fraction of sp³-hybridized carbons (Fsp3) is 0.417. The van der Waals surface area contributed by atoms with E-state index in [1.54, 1.807) is 13.0 Å². The highest BCUT2D eigenvalue weighted by Crippen LogP contribution is 2.31. The highest BCUT2D eigenvalue weighted by atomic mass is 32.2. The molecule has 0 atom stereocenters. The second-order valence-corrected chi connectivity index (χ2v) is 6.37. The van der Waals surface area contributed by atoms with Gasteiger partial charge < -0.3 is 0 Å². The number of nitriles is 1. The van der Waals surface area contributed by atoms with E-state index < -0.39 is 10.0 Å². The summed E-state index contributed by atoms with van der Waals surface area (Å²) in [5.41, 5.74) is 1.60. The van der Waals surface area contributed by atoms with Gasteiger partial charge in [-0.1, -0.05) is 18.2 Å². The molecule has 1 aliphatic heterocycles. The minimum Gasteiger partial charge on any atom is -0.212 e. The molecule has 0 radical (unpaired) electrons. The zero-order chi connectivity index (χ0) is 12.5. The summed E-state index contributed by atoms with van der Waals surface area (Å²) in [5, 5.41) is 8.98. The molecule has 0 unspecified atom stereocenters.